The van der Waals surface area contributed by atoms with Crippen LogP contribution in [-0.2, 0) is 20.0 Å². The molecule has 2 aliphatic rings. The summed E-state index contributed by atoms with van der Waals surface area (Å²) in [4.78, 5) is 36.1. The van der Waals surface area contributed by atoms with Crippen LogP contribution in [0.2, 0.25) is 0 Å². The van der Waals surface area contributed by atoms with Gasteiger partial charge in [0.2, 0.25) is 5.78 Å². The maximum Gasteiger partial charge on any atom is 0.416 e. The van der Waals surface area contributed by atoms with Gasteiger partial charge in [-0.15, -0.1) is 0 Å². The van der Waals surface area contributed by atoms with Crippen LogP contribution in [0.4, 0.5) is 13.2 Å². The van der Waals surface area contributed by atoms with Crippen molar-refractivity contribution in [2.75, 3.05) is 6.61 Å². The minimum absolute atomic E-state index is 0.0359. The highest BCUT2D eigenvalue weighted by atomic mass is 32.2. The second kappa shape index (κ2) is 9.91. The van der Waals surface area contributed by atoms with Crippen molar-refractivity contribution >= 4 is 37.3 Å². The number of aromatic nitrogens is 5. The van der Waals surface area contributed by atoms with Crippen molar-refractivity contribution in [3.63, 3.8) is 0 Å². The molecule has 212 valence electrons. The summed E-state index contributed by atoms with van der Waals surface area (Å²) in [6, 6.07) is 13.8. The second-order valence-corrected chi connectivity index (χ2v) is 11.3. The lowest BCUT2D eigenvalue weighted by atomic mass is 10.1. The summed E-state index contributed by atoms with van der Waals surface area (Å²) in [5, 5.41) is 11.3. The summed E-state index contributed by atoms with van der Waals surface area (Å²) in [5.74, 6) is 0.206. The van der Waals surface area contributed by atoms with Gasteiger partial charge in [0.1, 0.15) is 18.3 Å². The minimum Gasteiger partial charge on any atom is -0.386 e. The third kappa shape index (κ3) is 4.63. The standard InChI is InChI=1S/C25H19F3N5O6PS/c26-25(27,28)13-6-8-14(9-7-13)41-24-30-17-20(33(24)22-18(34)19-16(38-22)11-37-40(36)39-19)31-23-29-15(10-32(23)21(17)35)12-4-2-1-3-5-12/h1-10,16,18-19,22,34,36H,11H2,(H,29,31)/t16?,18-,19+,22+,40?/m0/s1. The Morgan fingerprint density at radius 1 is 1.10 bits per heavy atom. The molecular formula is C25H19F3N5O6PS. The molecule has 0 radical (unpaired) electrons. The molecule has 3 aromatic heterocycles. The zero-order chi connectivity index (χ0) is 28.5. The molecule has 2 aliphatic heterocycles. The number of H-pyrrole nitrogens is 1. The van der Waals surface area contributed by atoms with Crippen molar-refractivity contribution in [2.24, 2.45) is 0 Å². The summed E-state index contributed by atoms with van der Waals surface area (Å²) in [6.07, 6.45) is -7.02. The molecule has 2 aromatic carbocycles. The van der Waals surface area contributed by atoms with Crippen molar-refractivity contribution in [3.05, 3.63) is 76.7 Å². The van der Waals surface area contributed by atoms with E-state index in [4.69, 9.17) is 13.8 Å². The number of rotatable bonds is 4. The molecule has 3 N–H and O–H groups in total. The van der Waals surface area contributed by atoms with E-state index in [1.807, 2.05) is 30.3 Å². The van der Waals surface area contributed by atoms with Crippen molar-refractivity contribution in [2.45, 2.75) is 40.8 Å². The Kier molecular flexibility index (Phi) is 6.43. The van der Waals surface area contributed by atoms with Crippen molar-refractivity contribution in [1.82, 2.24) is 23.9 Å². The lowest BCUT2D eigenvalue weighted by molar-refractivity contribution is -0.137. The number of benzene rings is 2. The molecule has 0 aliphatic carbocycles. The lowest BCUT2D eigenvalue weighted by Gasteiger charge is -2.27. The van der Waals surface area contributed by atoms with Crippen LogP contribution in [-0.4, -0.2) is 58.8 Å². The van der Waals surface area contributed by atoms with E-state index in [0.29, 0.717) is 10.6 Å². The van der Waals surface area contributed by atoms with Gasteiger partial charge in [0.15, 0.2) is 22.5 Å². The molecule has 11 nitrogen and oxygen atoms in total. The maximum atomic E-state index is 13.6. The third-order valence-corrected chi connectivity index (χ3v) is 8.59. The van der Waals surface area contributed by atoms with Crippen LogP contribution in [0.15, 0.2) is 75.6 Å². The largest absolute Gasteiger partial charge is 0.416 e. The van der Waals surface area contributed by atoms with Crippen molar-refractivity contribution in [3.8, 4) is 11.3 Å². The molecule has 7 rings (SSSR count). The summed E-state index contributed by atoms with van der Waals surface area (Å²) in [5.41, 5.74) is 0.199. The van der Waals surface area contributed by atoms with Gasteiger partial charge >= 0.3 is 14.8 Å². The third-order valence-electron chi connectivity index (χ3n) is 6.82. The van der Waals surface area contributed by atoms with Crippen LogP contribution < -0.4 is 5.56 Å². The first kappa shape index (κ1) is 26.6. The Morgan fingerprint density at radius 3 is 2.59 bits per heavy atom. The molecule has 16 heteroatoms. The number of halogens is 3. The number of aromatic amines is 1. The first-order chi connectivity index (χ1) is 19.7. The fourth-order valence-electron chi connectivity index (χ4n) is 4.86. The number of aliphatic hydroxyl groups excluding tert-OH is 1. The van der Waals surface area contributed by atoms with Gasteiger partial charge in [-0.2, -0.15) is 18.2 Å². The van der Waals surface area contributed by atoms with E-state index in [0.717, 1.165) is 29.5 Å². The average molecular weight is 605 g/mol. The Bertz CT molecular complexity index is 1810. The molecular weight excluding hydrogens is 586 g/mol. The van der Waals surface area contributed by atoms with Crippen LogP contribution in [0.25, 0.3) is 28.2 Å². The van der Waals surface area contributed by atoms with Crippen molar-refractivity contribution < 1.29 is 37.0 Å². The summed E-state index contributed by atoms with van der Waals surface area (Å²) in [6.45, 7) is -0.0359. The van der Waals surface area contributed by atoms with Gasteiger partial charge in [-0.1, -0.05) is 42.1 Å². The molecule has 5 aromatic rings. The first-order valence-corrected chi connectivity index (χ1v) is 14.2. The van der Waals surface area contributed by atoms with Gasteiger partial charge < -0.3 is 28.8 Å². The number of aliphatic hydroxyl groups is 1. The van der Waals surface area contributed by atoms with Gasteiger partial charge in [-0.05, 0) is 29.8 Å². The number of imidazole rings is 2. The Labute approximate surface area is 233 Å². The summed E-state index contributed by atoms with van der Waals surface area (Å²) >= 11 is 0.977. The van der Waals surface area contributed by atoms with E-state index in [1.165, 1.54) is 21.1 Å². The predicted molar refractivity (Wildman–Crippen MR) is 140 cm³/mol. The van der Waals surface area contributed by atoms with E-state index in [1.54, 1.807) is 6.20 Å². The molecule has 0 spiro atoms. The predicted octanol–water partition coefficient (Wildman–Crippen LogP) is 4.10. The van der Waals surface area contributed by atoms with E-state index < -0.39 is 50.4 Å². The molecule has 0 saturated carbocycles. The number of ether oxygens (including phenoxy) is 1. The smallest absolute Gasteiger partial charge is 0.386 e. The Morgan fingerprint density at radius 2 is 1.85 bits per heavy atom. The topological polar surface area (TPSA) is 136 Å². The Hall–Kier alpha value is -3.30. The maximum absolute atomic E-state index is 13.6. The zero-order valence-corrected chi connectivity index (χ0v) is 22.3. The highest BCUT2D eigenvalue weighted by molar-refractivity contribution is 7.99. The van der Waals surface area contributed by atoms with E-state index in [9.17, 15) is 28.0 Å². The molecule has 2 saturated heterocycles. The SMILES string of the molecule is O=c1c2nc(Sc3ccc(C(F)(F)F)cc3)n([C@@H]3OC4COP(O)O[C@H]4[C@@H]3O)c2nc2[nH]c(-c3ccccc3)cn12. The Balaban J connectivity index is 1.37. The molecule has 5 heterocycles. The molecule has 0 bridgehead atoms. The lowest BCUT2D eigenvalue weighted by Crippen LogP contribution is -2.38. The van der Waals surface area contributed by atoms with Crippen LogP contribution in [0.5, 0.6) is 0 Å². The molecule has 2 unspecified atom stereocenters. The van der Waals surface area contributed by atoms with E-state index >= 15 is 0 Å². The second-order valence-electron chi connectivity index (χ2n) is 9.36. The summed E-state index contributed by atoms with van der Waals surface area (Å²) < 4.78 is 58.6. The number of nitrogens with one attached hydrogen (secondary N) is 1. The van der Waals surface area contributed by atoms with Gasteiger partial charge in [0, 0.05) is 11.1 Å². The number of nitrogens with zero attached hydrogens (tertiary/aromatic N) is 4. The summed E-state index contributed by atoms with van der Waals surface area (Å²) in [7, 11) is -2.21. The fourth-order valence-corrected chi connectivity index (χ4v) is 6.57. The minimum atomic E-state index is -4.50. The van der Waals surface area contributed by atoms with Crippen LogP contribution >= 0.6 is 20.4 Å². The van der Waals surface area contributed by atoms with Gasteiger partial charge in [-0.25, -0.2) is 9.38 Å². The molecule has 0 amide bonds. The number of hydrogen-bond donors (Lipinski definition) is 3. The van der Waals surface area contributed by atoms with E-state index in [2.05, 4.69) is 15.0 Å². The molecule has 5 atom stereocenters. The van der Waals surface area contributed by atoms with Crippen molar-refractivity contribution in [1.29, 1.82) is 0 Å². The van der Waals surface area contributed by atoms with E-state index in [-0.39, 0.29) is 28.7 Å². The number of fused-ring (bicyclic) bond motifs is 3. The van der Waals surface area contributed by atoms with Gasteiger partial charge in [0.25, 0.3) is 5.56 Å². The van der Waals surface area contributed by atoms with Crippen LogP contribution in [0.3, 0.4) is 0 Å². The number of hydrogen-bond acceptors (Lipinski definition) is 9. The van der Waals surface area contributed by atoms with Gasteiger partial charge in [0.05, 0.1) is 17.9 Å². The quantitative estimate of drug-likeness (QED) is 0.259. The normalized spacial score (nSPS) is 24.8. The first-order valence-electron chi connectivity index (χ1n) is 12.2. The van der Waals surface area contributed by atoms with Crippen LogP contribution in [0.1, 0.15) is 11.8 Å². The monoisotopic (exact) mass is 605 g/mol. The highest BCUT2D eigenvalue weighted by Crippen LogP contribution is 2.47. The average Bonchev–Trinajstić information content (AvgIpc) is 3.63. The molecule has 2 fully saturated rings. The molecule has 41 heavy (non-hydrogen) atoms. The fraction of sp³-hybridized carbons (Fsp3) is 0.240. The zero-order valence-electron chi connectivity index (χ0n) is 20.6. The number of alkyl halides is 3. The van der Waals surface area contributed by atoms with Gasteiger partial charge in [-0.3, -0.25) is 9.36 Å². The highest BCUT2D eigenvalue weighted by Gasteiger charge is 2.51. The van der Waals surface area contributed by atoms with Crippen LogP contribution in [0, 0.1) is 0 Å².